The maximum absolute atomic E-state index is 14.6. The lowest BCUT2D eigenvalue weighted by Gasteiger charge is -2.28. The zero-order chi connectivity index (χ0) is 23.9. The Morgan fingerprint density at radius 3 is 2.44 bits per heavy atom. The Bertz CT molecular complexity index is 1480. The zero-order valence-electron chi connectivity index (χ0n) is 18.4. The summed E-state index contributed by atoms with van der Waals surface area (Å²) < 4.78 is 59.1. The number of fused-ring (bicyclic) bond motifs is 1. The second-order valence-electron chi connectivity index (χ2n) is 8.35. The van der Waals surface area contributed by atoms with E-state index in [9.17, 15) is 17.2 Å². The number of hydrogen-bond acceptors (Lipinski definition) is 6. The van der Waals surface area contributed by atoms with Crippen molar-refractivity contribution >= 4 is 21.2 Å². The van der Waals surface area contributed by atoms with Gasteiger partial charge in [0.2, 0.25) is 0 Å². The summed E-state index contributed by atoms with van der Waals surface area (Å²) in [6.07, 6.45) is 6.45. The van der Waals surface area contributed by atoms with Gasteiger partial charge in [0.25, 0.3) is 0 Å². The van der Waals surface area contributed by atoms with Gasteiger partial charge in [0.1, 0.15) is 11.6 Å². The Balaban J connectivity index is 1.61. The van der Waals surface area contributed by atoms with Gasteiger partial charge in [-0.25, -0.2) is 26.7 Å². The van der Waals surface area contributed by atoms with Gasteiger partial charge >= 0.3 is 0 Å². The summed E-state index contributed by atoms with van der Waals surface area (Å²) in [4.78, 5) is 6.77. The summed E-state index contributed by atoms with van der Waals surface area (Å²) in [6.45, 7) is 2.83. The Hall–Kier alpha value is -3.37. The summed E-state index contributed by atoms with van der Waals surface area (Å²) in [6, 6.07) is 8.40. The number of rotatable bonds is 5. The van der Waals surface area contributed by atoms with E-state index in [-0.39, 0.29) is 11.3 Å². The number of anilines is 1. The predicted octanol–water partition coefficient (Wildman–Crippen LogP) is 3.72. The Morgan fingerprint density at radius 2 is 1.74 bits per heavy atom. The highest BCUT2D eigenvalue weighted by atomic mass is 32.2. The van der Waals surface area contributed by atoms with E-state index in [0.29, 0.717) is 41.1 Å². The van der Waals surface area contributed by atoms with E-state index in [0.717, 1.165) is 31.1 Å². The third-order valence-corrected chi connectivity index (χ3v) is 6.55. The second-order valence-corrected chi connectivity index (χ2v) is 10.5. The average molecular weight is 485 g/mol. The first kappa shape index (κ1) is 22.4. The number of benzene rings is 2. The van der Waals surface area contributed by atoms with Crippen molar-refractivity contribution < 1.29 is 21.9 Å². The molecule has 1 saturated heterocycles. The van der Waals surface area contributed by atoms with Crippen molar-refractivity contribution in [3.63, 3.8) is 0 Å². The lowest BCUT2D eigenvalue weighted by molar-refractivity contribution is 0.122. The fourth-order valence-electron chi connectivity index (χ4n) is 4.17. The van der Waals surface area contributed by atoms with Gasteiger partial charge in [-0.2, -0.15) is 5.10 Å². The van der Waals surface area contributed by atoms with Crippen molar-refractivity contribution in [2.75, 3.05) is 37.5 Å². The van der Waals surface area contributed by atoms with Crippen molar-refractivity contribution in [3.8, 4) is 22.3 Å². The molecule has 176 valence electrons. The van der Waals surface area contributed by atoms with Crippen LogP contribution in [0.15, 0.2) is 55.0 Å². The third-order valence-electron chi connectivity index (χ3n) is 5.69. The molecule has 0 N–H and O–H groups in total. The normalized spacial score (nSPS) is 14.6. The van der Waals surface area contributed by atoms with Crippen LogP contribution in [0.25, 0.3) is 27.9 Å². The quantitative estimate of drug-likeness (QED) is 0.430. The first-order valence-electron chi connectivity index (χ1n) is 10.7. The van der Waals surface area contributed by atoms with Crippen LogP contribution in [0, 0.1) is 11.6 Å². The fourth-order valence-corrected chi connectivity index (χ4v) is 4.94. The molecule has 2 aromatic heterocycles. The van der Waals surface area contributed by atoms with Gasteiger partial charge in [-0.15, -0.1) is 0 Å². The highest BCUT2D eigenvalue weighted by Crippen LogP contribution is 2.32. The summed E-state index contributed by atoms with van der Waals surface area (Å²) >= 11 is 0. The molecule has 0 unspecified atom stereocenters. The number of halogens is 2. The molecule has 0 aliphatic carbocycles. The molecule has 1 aliphatic heterocycles. The van der Waals surface area contributed by atoms with E-state index in [4.69, 9.17) is 4.74 Å². The molecule has 34 heavy (non-hydrogen) atoms. The lowest BCUT2D eigenvalue weighted by Crippen LogP contribution is -2.36. The SMILES string of the molecule is CS(=O)(=O)Cc1cc(-c2ccc(F)cc2F)cc(-c2cnn3cc(N4CCOCC4)cnc23)c1. The zero-order valence-corrected chi connectivity index (χ0v) is 19.2. The van der Waals surface area contributed by atoms with Gasteiger partial charge in [0.15, 0.2) is 15.5 Å². The highest BCUT2D eigenvalue weighted by Gasteiger charge is 2.17. The molecule has 0 saturated carbocycles. The Morgan fingerprint density at radius 1 is 1.00 bits per heavy atom. The lowest BCUT2D eigenvalue weighted by atomic mass is 9.97. The molecule has 0 atom stereocenters. The van der Waals surface area contributed by atoms with E-state index in [1.54, 1.807) is 35.1 Å². The minimum absolute atomic E-state index is 0.178. The molecule has 1 aliphatic rings. The van der Waals surface area contributed by atoms with Gasteiger partial charge in [0, 0.05) is 36.5 Å². The molecular formula is C24H22F2N4O3S. The van der Waals surface area contributed by atoms with E-state index >= 15 is 0 Å². The molecule has 3 heterocycles. The minimum atomic E-state index is -3.35. The maximum atomic E-state index is 14.6. The maximum Gasteiger partial charge on any atom is 0.162 e. The van der Waals surface area contributed by atoms with Gasteiger partial charge in [-0.05, 0) is 47.0 Å². The number of aromatic nitrogens is 3. The van der Waals surface area contributed by atoms with Crippen LogP contribution in [-0.4, -0.2) is 55.6 Å². The van der Waals surface area contributed by atoms with Crippen molar-refractivity contribution in [2.45, 2.75) is 5.75 Å². The van der Waals surface area contributed by atoms with Crippen LogP contribution >= 0.6 is 0 Å². The van der Waals surface area contributed by atoms with Crippen LogP contribution < -0.4 is 4.90 Å². The molecule has 5 rings (SSSR count). The molecule has 7 nitrogen and oxygen atoms in total. The van der Waals surface area contributed by atoms with Crippen LogP contribution in [-0.2, 0) is 20.3 Å². The average Bonchev–Trinajstić information content (AvgIpc) is 3.21. The summed E-state index contributed by atoms with van der Waals surface area (Å²) in [7, 11) is -3.35. The van der Waals surface area contributed by atoms with Crippen LogP contribution in [0.5, 0.6) is 0 Å². The first-order valence-corrected chi connectivity index (χ1v) is 12.8. The molecule has 4 aromatic rings. The highest BCUT2D eigenvalue weighted by molar-refractivity contribution is 7.89. The van der Waals surface area contributed by atoms with E-state index in [2.05, 4.69) is 15.0 Å². The van der Waals surface area contributed by atoms with E-state index in [1.807, 2.05) is 6.20 Å². The summed E-state index contributed by atoms with van der Waals surface area (Å²) in [5.41, 5.74) is 3.93. The molecule has 1 fully saturated rings. The largest absolute Gasteiger partial charge is 0.378 e. The van der Waals surface area contributed by atoms with E-state index in [1.165, 1.54) is 12.1 Å². The van der Waals surface area contributed by atoms with Crippen LogP contribution in [0.2, 0.25) is 0 Å². The van der Waals surface area contributed by atoms with Crippen molar-refractivity contribution in [1.82, 2.24) is 14.6 Å². The molecular weight excluding hydrogens is 462 g/mol. The van der Waals surface area contributed by atoms with Gasteiger partial charge in [-0.3, -0.25) is 0 Å². The number of nitrogens with zero attached hydrogens (tertiary/aromatic N) is 4. The minimum Gasteiger partial charge on any atom is -0.378 e. The number of ether oxygens (including phenoxy) is 1. The standard InChI is InChI=1S/C24H22F2N4O3S/c1-34(31,32)15-16-8-17(21-3-2-19(25)11-23(21)26)10-18(9-16)22-13-28-30-14-20(12-27-24(22)30)29-4-6-33-7-5-29/h2-3,8-14H,4-7,15H2,1H3. The first-order chi connectivity index (χ1) is 16.3. The Labute approximate surface area is 195 Å². The summed E-state index contributed by atoms with van der Waals surface area (Å²) in [5.74, 6) is -1.63. The van der Waals surface area contributed by atoms with Crippen molar-refractivity contribution in [1.29, 1.82) is 0 Å². The second kappa shape index (κ2) is 8.77. The number of morpholine rings is 1. The monoisotopic (exact) mass is 484 g/mol. The molecule has 10 heteroatoms. The summed E-state index contributed by atoms with van der Waals surface area (Å²) in [5, 5.41) is 4.44. The number of sulfone groups is 1. The molecule has 0 spiro atoms. The van der Waals surface area contributed by atoms with Crippen LogP contribution in [0.1, 0.15) is 5.56 Å². The smallest absolute Gasteiger partial charge is 0.162 e. The van der Waals surface area contributed by atoms with Crippen molar-refractivity contribution in [3.05, 3.63) is 72.2 Å². The molecule has 0 amide bonds. The Kier molecular flexibility index (Phi) is 5.78. The van der Waals surface area contributed by atoms with Crippen LogP contribution in [0.3, 0.4) is 0 Å². The van der Waals surface area contributed by atoms with Gasteiger partial charge < -0.3 is 9.64 Å². The van der Waals surface area contributed by atoms with Gasteiger partial charge in [-0.1, -0.05) is 0 Å². The van der Waals surface area contributed by atoms with Crippen molar-refractivity contribution in [2.24, 2.45) is 0 Å². The molecule has 0 bridgehead atoms. The molecule has 2 aromatic carbocycles. The topological polar surface area (TPSA) is 76.8 Å². The third kappa shape index (κ3) is 4.64. The molecule has 0 radical (unpaired) electrons. The predicted molar refractivity (Wildman–Crippen MR) is 125 cm³/mol. The fraction of sp³-hybridized carbons (Fsp3) is 0.250. The van der Waals surface area contributed by atoms with Gasteiger partial charge in [0.05, 0.1) is 43.2 Å². The number of hydrogen-bond donors (Lipinski definition) is 0. The van der Waals surface area contributed by atoms with E-state index < -0.39 is 21.5 Å². The van der Waals surface area contributed by atoms with Crippen LogP contribution in [0.4, 0.5) is 14.5 Å².